The molecule has 2 aromatic heterocycles. The van der Waals surface area contributed by atoms with E-state index in [2.05, 4.69) is 9.97 Å². The lowest BCUT2D eigenvalue weighted by atomic mass is 9.85. The van der Waals surface area contributed by atoms with Gasteiger partial charge < -0.3 is 24.2 Å². The van der Waals surface area contributed by atoms with Gasteiger partial charge in [-0.1, -0.05) is 0 Å². The van der Waals surface area contributed by atoms with Gasteiger partial charge in [0.1, 0.15) is 17.7 Å². The van der Waals surface area contributed by atoms with Gasteiger partial charge in [-0.25, -0.2) is 8.78 Å². The molecular formula is C24H23F2N3O4. The lowest BCUT2D eigenvalue weighted by Gasteiger charge is -2.41. The molecule has 1 aromatic carbocycles. The van der Waals surface area contributed by atoms with Crippen LogP contribution in [0.1, 0.15) is 24.0 Å². The molecule has 3 heterocycles. The molecule has 1 saturated carbocycles. The minimum absolute atomic E-state index is 0.0754. The maximum Gasteiger partial charge on any atom is 0.191 e. The van der Waals surface area contributed by atoms with Gasteiger partial charge in [0.15, 0.2) is 23.1 Å². The van der Waals surface area contributed by atoms with Crippen molar-refractivity contribution in [1.29, 1.82) is 0 Å². The molecule has 2 aliphatic rings. The van der Waals surface area contributed by atoms with Crippen LogP contribution in [0.5, 0.6) is 17.2 Å². The summed E-state index contributed by atoms with van der Waals surface area (Å²) >= 11 is 0. The summed E-state index contributed by atoms with van der Waals surface area (Å²) in [5, 5.41) is 11.3. The zero-order chi connectivity index (χ0) is 23.3. The van der Waals surface area contributed by atoms with Crippen molar-refractivity contribution in [3.8, 4) is 28.5 Å². The topological polar surface area (TPSA) is 76.9 Å². The maximum absolute atomic E-state index is 15.2. The number of hydrogen-bond acceptors (Lipinski definition) is 7. The molecule has 3 aromatic rings. The highest BCUT2D eigenvalue weighted by Crippen LogP contribution is 2.57. The van der Waals surface area contributed by atoms with Crippen molar-refractivity contribution in [1.82, 2.24) is 9.97 Å². The number of aliphatic hydroxyl groups is 1. The SMILES string of the molecule is COc1cncc(-c2cc3c(cn2)CN(c2c(F)c(OC)cc(OC)c2F)C(O)C32CC2)c1. The Morgan fingerprint density at radius 1 is 0.970 bits per heavy atom. The smallest absolute Gasteiger partial charge is 0.191 e. The standard InChI is InChI=1S/C24H23F2N3O4/c1-31-15-6-13(9-27-11-15)17-7-16-14(10-28-17)12-29(23(30)24(16)4-5-24)22-20(25)18(32-2)8-19(33-3)21(22)26/h6-11,23,30H,4-5,12H2,1-3H3. The van der Waals surface area contributed by atoms with Gasteiger partial charge in [0, 0.05) is 36.0 Å². The fraction of sp³-hybridized carbons (Fsp3) is 0.333. The Bertz CT molecular complexity index is 1200. The van der Waals surface area contributed by atoms with Gasteiger partial charge in [-0.05, 0) is 36.1 Å². The number of halogens is 2. The van der Waals surface area contributed by atoms with E-state index in [1.54, 1.807) is 25.7 Å². The zero-order valence-corrected chi connectivity index (χ0v) is 18.4. The second-order valence-corrected chi connectivity index (χ2v) is 8.26. The van der Waals surface area contributed by atoms with Crippen LogP contribution >= 0.6 is 0 Å². The van der Waals surface area contributed by atoms with Crippen molar-refractivity contribution in [2.24, 2.45) is 0 Å². The van der Waals surface area contributed by atoms with Crippen LogP contribution in [0.4, 0.5) is 14.5 Å². The summed E-state index contributed by atoms with van der Waals surface area (Å²) in [6.45, 7) is 0.0754. The van der Waals surface area contributed by atoms with E-state index in [0.717, 1.165) is 22.8 Å². The molecule has 0 bridgehead atoms. The van der Waals surface area contributed by atoms with Crippen LogP contribution in [0.25, 0.3) is 11.3 Å². The van der Waals surface area contributed by atoms with Crippen LogP contribution in [-0.4, -0.2) is 42.6 Å². The van der Waals surface area contributed by atoms with Crippen LogP contribution in [0.2, 0.25) is 0 Å². The summed E-state index contributed by atoms with van der Waals surface area (Å²) < 4.78 is 45.8. The van der Waals surface area contributed by atoms with Crippen LogP contribution in [0, 0.1) is 11.6 Å². The van der Waals surface area contributed by atoms with E-state index in [4.69, 9.17) is 14.2 Å². The van der Waals surface area contributed by atoms with Crippen LogP contribution in [0.3, 0.4) is 0 Å². The quantitative estimate of drug-likeness (QED) is 0.627. The number of fused-ring (bicyclic) bond motifs is 2. The van der Waals surface area contributed by atoms with Gasteiger partial charge >= 0.3 is 0 Å². The number of ether oxygens (including phenoxy) is 3. The second kappa shape index (κ2) is 7.84. The van der Waals surface area contributed by atoms with Gasteiger partial charge in [0.25, 0.3) is 0 Å². The number of aliphatic hydroxyl groups excluding tert-OH is 1. The average molecular weight is 455 g/mol. The molecule has 1 aliphatic heterocycles. The van der Waals surface area contributed by atoms with E-state index in [-0.39, 0.29) is 23.7 Å². The molecule has 1 atom stereocenters. The molecule has 5 rings (SSSR count). The first-order chi connectivity index (χ1) is 15.9. The molecule has 7 nitrogen and oxygen atoms in total. The fourth-order valence-electron chi connectivity index (χ4n) is 4.60. The summed E-state index contributed by atoms with van der Waals surface area (Å²) in [5.41, 5.74) is 2.16. The molecule has 1 unspecified atom stereocenters. The van der Waals surface area contributed by atoms with Crippen LogP contribution in [-0.2, 0) is 12.0 Å². The molecular weight excluding hydrogens is 432 g/mol. The first kappa shape index (κ1) is 21.4. The van der Waals surface area contributed by atoms with E-state index in [1.807, 2.05) is 12.1 Å². The number of anilines is 1. The molecule has 1 aliphatic carbocycles. The molecule has 1 spiro atoms. The highest BCUT2D eigenvalue weighted by atomic mass is 19.1. The number of nitrogens with zero attached hydrogens (tertiary/aromatic N) is 3. The van der Waals surface area contributed by atoms with Crippen molar-refractivity contribution in [2.75, 3.05) is 26.2 Å². The summed E-state index contributed by atoms with van der Waals surface area (Å²) in [6.07, 6.45) is 5.22. The van der Waals surface area contributed by atoms with E-state index in [0.29, 0.717) is 24.3 Å². The largest absolute Gasteiger partial charge is 0.495 e. The van der Waals surface area contributed by atoms with Crippen LogP contribution in [0.15, 0.2) is 36.8 Å². The van der Waals surface area contributed by atoms with Gasteiger partial charge in [0.05, 0.1) is 33.2 Å². The minimum atomic E-state index is -1.13. The Morgan fingerprint density at radius 2 is 1.67 bits per heavy atom. The van der Waals surface area contributed by atoms with E-state index in [1.165, 1.54) is 19.1 Å². The van der Waals surface area contributed by atoms with Crippen LogP contribution < -0.4 is 19.1 Å². The maximum atomic E-state index is 15.2. The Hall–Kier alpha value is -3.46. The Kier molecular flexibility index (Phi) is 5.08. The molecule has 0 amide bonds. The van der Waals surface area contributed by atoms with Crippen molar-refractivity contribution >= 4 is 5.69 Å². The molecule has 172 valence electrons. The number of pyridine rings is 2. The number of methoxy groups -OCH3 is 3. The summed E-state index contributed by atoms with van der Waals surface area (Å²) in [7, 11) is 4.16. The number of rotatable bonds is 5. The van der Waals surface area contributed by atoms with Gasteiger partial charge in [0.2, 0.25) is 0 Å². The van der Waals surface area contributed by atoms with Crippen molar-refractivity contribution in [3.05, 3.63) is 59.6 Å². The molecule has 1 fully saturated rings. The van der Waals surface area contributed by atoms with Gasteiger partial charge in [-0.2, -0.15) is 0 Å². The Morgan fingerprint density at radius 3 is 2.27 bits per heavy atom. The van der Waals surface area contributed by atoms with Gasteiger partial charge in [-0.15, -0.1) is 0 Å². The Labute approximate surface area is 189 Å². The minimum Gasteiger partial charge on any atom is -0.495 e. The third-order valence-corrected chi connectivity index (χ3v) is 6.52. The number of hydrogen-bond donors (Lipinski definition) is 1. The Balaban J connectivity index is 1.60. The molecule has 1 N–H and O–H groups in total. The number of benzene rings is 1. The van der Waals surface area contributed by atoms with E-state index >= 15 is 8.78 Å². The van der Waals surface area contributed by atoms with E-state index < -0.39 is 23.3 Å². The van der Waals surface area contributed by atoms with Crippen molar-refractivity contribution < 1.29 is 28.1 Å². The molecule has 0 radical (unpaired) electrons. The summed E-state index contributed by atoms with van der Waals surface area (Å²) in [4.78, 5) is 10.1. The lowest BCUT2D eigenvalue weighted by molar-refractivity contribution is 0.114. The average Bonchev–Trinajstić information content (AvgIpc) is 3.64. The highest BCUT2D eigenvalue weighted by molar-refractivity contribution is 5.66. The third-order valence-electron chi connectivity index (χ3n) is 6.52. The molecule has 0 saturated heterocycles. The van der Waals surface area contributed by atoms with E-state index in [9.17, 15) is 5.11 Å². The fourth-order valence-corrected chi connectivity index (χ4v) is 4.60. The summed E-state index contributed by atoms with van der Waals surface area (Å²) in [5.74, 6) is -1.49. The molecule has 33 heavy (non-hydrogen) atoms. The predicted octanol–water partition coefficient (Wildman–Crippen LogP) is 3.82. The highest BCUT2D eigenvalue weighted by Gasteiger charge is 2.57. The lowest BCUT2D eigenvalue weighted by Crippen LogP contribution is -2.48. The predicted molar refractivity (Wildman–Crippen MR) is 117 cm³/mol. The van der Waals surface area contributed by atoms with Gasteiger partial charge in [-0.3, -0.25) is 9.97 Å². The monoisotopic (exact) mass is 455 g/mol. The first-order valence-electron chi connectivity index (χ1n) is 10.5. The third kappa shape index (κ3) is 3.26. The first-order valence-corrected chi connectivity index (χ1v) is 10.5. The summed E-state index contributed by atoms with van der Waals surface area (Å²) in [6, 6.07) is 4.92. The van der Waals surface area contributed by atoms with Crippen molar-refractivity contribution in [2.45, 2.75) is 31.0 Å². The zero-order valence-electron chi connectivity index (χ0n) is 18.4. The number of aromatic nitrogens is 2. The molecule has 9 heteroatoms. The normalized spacial score (nSPS) is 18.1. The van der Waals surface area contributed by atoms with Crippen molar-refractivity contribution in [3.63, 3.8) is 0 Å². The second-order valence-electron chi connectivity index (χ2n) is 8.26.